The van der Waals surface area contributed by atoms with E-state index in [4.69, 9.17) is 14.9 Å². The first kappa shape index (κ1) is 17.4. The lowest BCUT2D eigenvalue weighted by Crippen LogP contribution is -2.53. The molecule has 4 aliphatic carbocycles. The topological polar surface area (TPSA) is 42.3 Å². The average molecular weight is 358 g/mol. The number of hydrogen-bond donors (Lipinski definition) is 1. The first-order chi connectivity index (χ1) is 12.4. The number of rotatable bonds is 1. The molecule has 5 rings (SSSR count). The highest BCUT2D eigenvalue weighted by Crippen LogP contribution is 2.68. The van der Waals surface area contributed by atoms with Crippen molar-refractivity contribution in [2.75, 3.05) is 13.2 Å². The maximum absolute atomic E-state index is 8.12. The van der Waals surface area contributed by atoms with Gasteiger partial charge in [0.1, 0.15) is 0 Å². The molecule has 0 bridgehead atoms. The van der Waals surface area contributed by atoms with E-state index in [-0.39, 0.29) is 5.79 Å². The summed E-state index contributed by atoms with van der Waals surface area (Å²) in [6.45, 7) is 8.82. The van der Waals surface area contributed by atoms with Gasteiger partial charge in [-0.05, 0) is 93.0 Å². The van der Waals surface area contributed by atoms with E-state index in [2.05, 4.69) is 26.8 Å². The third-order valence-electron chi connectivity index (χ3n) is 9.49. The number of fused-ring (bicyclic) bond motifs is 5. The number of hydrogen-bond acceptors (Lipinski definition) is 3. The molecule has 3 nitrogen and oxygen atoms in total. The smallest absolute Gasteiger partial charge is 0.169 e. The lowest BCUT2D eigenvalue weighted by molar-refractivity contribution is -0.214. The fourth-order valence-corrected chi connectivity index (χ4v) is 8.18. The standard InChI is InChI=1S/C23H35NO2/c1-21-10-8-16(24)14-15(21)4-5-17-18-6-7-20(23(3)25-12-13-26-23)22(18,2)11-9-19(17)21/h14,17-20,24H,4-13H2,1-3H3/t17?,18?,19?,20-,21-,22-/m0/s1. The minimum absolute atomic E-state index is 0.347. The van der Waals surface area contributed by atoms with Crippen LogP contribution in [0.15, 0.2) is 11.6 Å². The normalized spacial score (nSPS) is 50.0. The molecule has 3 heteroatoms. The Morgan fingerprint density at radius 3 is 2.46 bits per heavy atom. The van der Waals surface area contributed by atoms with E-state index in [0.29, 0.717) is 16.7 Å². The Bertz CT molecular complexity index is 649. The SMILES string of the molecule is CC1([C@H]2CCC3C4CCC5=CC(=N)CC[C@]5(C)C4CC[C@@]32C)OCCO1. The van der Waals surface area contributed by atoms with Gasteiger partial charge in [0.2, 0.25) is 0 Å². The molecule has 0 aromatic carbocycles. The second-order valence-corrected chi connectivity index (χ2v) is 10.4. The van der Waals surface area contributed by atoms with E-state index >= 15 is 0 Å². The third kappa shape index (κ3) is 2.22. The Morgan fingerprint density at radius 1 is 0.923 bits per heavy atom. The molecule has 0 aromatic rings. The summed E-state index contributed by atoms with van der Waals surface area (Å²) in [6.07, 6.45) is 12.3. The minimum Gasteiger partial charge on any atom is -0.348 e. The van der Waals surface area contributed by atoms with Crippen LogP contribution in [0.2, 0.25) is 0 Å². The maximum atomic E-state index is 8.12. The van der Waals surface area contributed by atoms with Crippen molar-refractivity contribution in [1.82, 2.24) is 0 Å². The van der Waals surface area contributed by atoms with Gasteiger partial charge in [-0.3, -0.25) is 0 Å². The Morgan fingerprint density at radius 2 is 1.69 bits per heavy atom. The summed E-state index contributed by atoms with van der Waals surface area (Å²) in [6, 6.07) is 0. The molecule has 1 N–H and O–H groups in total. The monoisotopic (exact) mass is 357 g/mol. The van der Waals surface area contributed by atoms with Crippen LogP contribution in [-0.4, -0.2) is 24.7 Å². The Kier molecular flexibility index (Phi) is 3.80. The highest BCUT2D eigenvalue weighted by molar-refractivity contribution is 5.94. The van der Waals surface area contributed by atoms with E-state index < -0.39 is 0 Å². The number of nitrogens with one attached hydrogen (secondary N) is 1. The predicted molar refractivity (Wildman–Crippen MR) is 103 cm³/mol. The van der Waals surface area contributed by atoms with Gasteiger partial charge in [0.25, 0.3) is 0 Å². The van der Waals surface area contributed by atoms with Crippen LogP contribution in [0.5, 0.6) is 0 Å². The largest absolute Gasteiger partial charge is 0.348 e. The molecule has 4 fully saturated rings. The first-order valence-electron chi connectivity index (χ1n) is 10.9. The minimum atomic E-state index is -0.347. The van der Waals surface area contributed by atoms with Crippen molar-refractivity contribution in [2.45, 2.75) is 77.9 Å². The molecule has 1 heterocycles. The summed E-state index contributed by atoms with van der Waals surface area (Å²) in [7, 11) is 0. The quantitative estimate of drug-likeness (QED) is 0.687. The average Bonchev–Trinajstić information content (AvgIpc) is 3.19. The summed E-state index contributed by atoms with van der Waals surface area (Å²) in [5, 5.41) is 8.12. The molecule has 0 amide bonds. The van der Waals surface area contributed by atoms with Gasteiger partial charge in [-0.2, -0.15) is 0 Å². The van der Waals surface area contributed by atoms with Crippen LogP contribution in [0.1, 0.15) is 72.1 Å². The third-order valence-corrected chi connectivity index (χ3v) is 9.49. The molecule has 0 radical (unpaired) electrons. The number of allylic oxidation sites excluding steroid dienone is 2. The maximum Gasteiger partial charge on any atom is 0.169 e. The van der Waals surface area contributed by atoms with Crippen LogP contribution in [0.3, 0.4) is 0 Å². The zero-order valence-electron chi connectivity index (χ0n) is 16.8. The van der Waals surface area contributed by atoms with Crippen LogP contribution in [0, 0.1) is 39.9 Å². The first-order valence-corrected chi connectivity index (χ1v) is 10.9. The molecule has 6 atom stereocenters. The van der Waals surface area contributed by atoms with E-state index in [1.807, 2.05) is 0 Å². The van der Waals surface area contributed by atoms with Gasteiger partial charge in [0.15, 0.2) is 5.79 Å². The zero-order valence-corrected chi connectivity index (χ0v) is 16.8. The van der Waals surface area contributed by atoms with Crippen molar-refractivity contribution >= 4 is 5.71 Å². The molecule has 0 spiro atoms. The summed E-state index contributed by atoms with van der Waals surface area (Å²) in [5.74, 6) is 2.71. The summed E-state index contributed by atoms with van der Waals surface area (Å²) in [5.41, 5.74) is 3.19. The lowest BCUT2D eigenvalue weighted by atomic mass is 9.46. The zero-order chi connectivity index (χ0) is 18.2. The molecular formula is C23H35NO2. The second-order valence-electron chi connectivity index (χ2n) is 10.4. The molecule has 5 aliphatic rings. The molecular weight excluding hydrogens is 322 g/mol. The van der Waals surface area contributed by atoms with Crippen molar-refractivity contribution in [3.8, 4) is 0 Å². The molecule has 144 valence electrons. The Hall–Kier alpha value is -0.670. The van der Waals surface area contributed by atoms with Gasteiger partial charge in [0.05, 0.1) is 13.2 Å². The summed E-state index contributed by atoms with van der Waals surface area (Å²) in [4.78, 5) is 0. The fourth-order valence-electron chi connectivity index (χ4n) is 8.18. The molecule has 3 unspecified atom stereocenters. The Balaban J connectivity index is 1.45. The van der Waals surface area contributed by atoms with Crippen LogP contribution >= 0.6 is 0 Å². The van der Waals surface area contributed by atoms with Crippen LogP contribution in [0.4, 0.5) is 0 Å². The highest BCUT2D eigenvalue weighted by atomic mass is 16.7. The molecule has 0 aromatic heterocycles. The van der Waals surface area contributed by atoms with Gasteiger partial charge in [-0.15, -0.1) is 0 Å². The molecule has 3 saturated carbocycles. The van der Waals surface area contributed by atoms with Crippen molar-refractivity contribution < 1.29 is 9.47 Å². The second kappa shape index (κ2) is 5.67. The lowest BCUT2D eigenvalue weighted by Gasteiger charge is -2.59. The Labute approximate surface area is 158 Å². The van der Waals surface area contributed by atoms with Gasteiger partial charge in [-0.25, -0.2) is 0 Å². The summed E-state index contributed by atoms with van der Waals surface area (Å²) < 4.78 is 12.3. The van der Waals surface area contributed by atoms with Crippen molar-refractivity contribution in [1.29, 1.82) is 5.41 Å². The van der Waals surface area contributed by atoms with Crippen LogP contribution in [-0.2, 0) is 9.47 Å². The van der Waals surface area contributed by atoms with Gasteiger partial charge in [-0.1, -0.05) is 19.4 Å². The van der Waals surface area contributed by atoms with Crippen molar-refractivity contribution in [3.05, 3.63) is 11.6 Å². The number of ether oxygens (including phenoxy) is 2. The fraction of sp³-hybridized carbons (Fsp3) is 0.870. The molecule has 26 heavy (non-hydrogen) atoms. The van der Waals surface area contributed by atoms with Gasteiger partial charge in [0, 0.05) is 11.6 Å². The van der Waals surface area contributed by atoms with E-state index in [1.165, 1.54) is 44.9 Å². The van der Waals surface area contributed by atoms with Gasteiger partial charge < -0.3 is 14.9 Å². The van der Waals surface area contributed by atoms with E-state index in [1.54, 1.807) is 5.57 Å². The van der Waals surface area contributed by atoms with E-state index in [9.17, 15) is 0 Å². The van der Waals surface area contributed by atoms with Crippen molar-refractivity contribution in [3.63, 3.8) is 0 Å². The predicted octanol–water partition coefficient (Wildman–Crippen LogP) is 5.35. The van der Waals surface area contributed by atoms with Gasteiger partial charge >= 0.3 is 0 Å². The van der Waals surface area contributed by atoms with E-state index in [0.717, 1.165) is 43.1 Å². The summed E-state index contributed by atoms with van der Waals surface area (Å²) >= 11 is 0. The molecule has 1 saturated heterocycles. The van der Waals surface area contributed by atoms with Crippen molar-refractivity contribution in [2.24, 2.45) is 34.5 Å². The molecule has 1 aliphatic heterocycles. The van der Waals surface area contributed by atoms with Crippen LogP contribution < -0.4 is 0 Å². The van der Waals surface area contributed by atoms with Crippen LogP contribution in [0.25, 0.3) is 0 Å². The highest BCUT2D eigenvalue weighted by Gasteiger charge is 2.62.